The molecule has 4 aliphatic heterocycles. The summed E-state index contributed by atoms with van der Waals surface area (Å²) in [7, 11) is 0. The molecular formula is C42H60N6O2. The molecule has 50 heavy (non-hydrogen) atoms. The fourth-order valence-electron chi connectivity index (χ4n) is 10.9. The highest BCUT2D eigenvalue weighted by Gasteiger charge is 2.44. The number of carbonyl (C=O) groups is 2. The molecule has 8 rings (SSSR count). The number of fused-ring (bicyclic) bond motifs is 10. The van der Waals surface area contributed by atoms with Crippen LogP contribution in [0.15, 0.2) is 48.5 Å². The van der Waals surface area contributed by atoms with Crippen LogP contribution in [0.25, 0.3) is 0 Å². The van der Waals surface area contributed by atoms with Crippen molar-refractivity contribution in [3.05, 3.63) is 70.8 Å². The molecule has 2 unspecified atom stereocenters. The Morgan fingerprint density at radius 1 is 0.540 bits per heavy atom. The molecule has 4 N–H and O–H groups in total. The summed E-state index contributed by atoms with van der Waals surface area (Å²) in [5, 5.41) is 12.6. The second-order valence-corrected chi connectivity index (χ2v) is 16.8. The molecule has 4 fully saturated rings. The van der Waals surface area contributed by atoms with Gasteiger partial charge in [0, 0.05) is 48.3 Å². The van der Waals surface area contributed by atoms with Crippen molar-refractivity contribution < 1.29 is 9.59 Å². The Morgan fingerprint density at radius 3 is 1.18 bits per heavy atom. The summed E-state index contributed by atoms with van der Waals surface area (Å²) in [6, 6.07) is 20.5. The van der Waals surface area contributed by atoms with E-state index < -0.39 is 0 Å². The predicted octanol–water partition coefficient (Wildman–Crippen LogP) is 8.04. The first-order valence-electron chi connectivity index (χ1n) is 20.2. The van der Waals surface area contributed by atoms with Gasteiger partial charge in [0.25, 0.3) is 0 Å². The topological polar surface area (TPSA) is 88.7 Å². The summed E-state index contributed by atoms with van der Waals surface area (Å²) >= 11 is 0. The third-order valence-electron chi connectivity index (χ3n) is 13.9. The minimum Gasteiger partial charge on any atom is -0.335 e. The maximum Gasteiger partial charge on any atom is 0.315 e. The Kier molecular flexibility index (Phi) is 10.1. The molecule has 270 valence electrons. The molecule has 2 saturated carbocycles. The molecule has 4 heterocycles. The van der Waals surface area contributed by atoms with Crippen LogP contribution < -0.4 is 21.3 Å². The van der Waals surface area contributed by atoms with Crippen molar-refractivity contribution in [2.24, 2.45) is 11.8 Å². The molecule has 0 aromatic heterocycles. The van der Waals surface area contributed by atoms with Gasteiger partial charge in [-0.3, -0.25) is 9.80 Å². The van der Waals surface area contributed by atoms with Gasteiger partial charge in [-0.25, -0.2) is 9.59 Å². The Morgan fingerprint density at radius 2 is 0.860 bits per heavy atom. The number of nitrogens with one attached hydrogen (secondary N) is 4. The predicted molar refractivity (Wildman–Crippen MR) is 199 cm³/mol. The molecule has 2 aliphatic carbocycles. The first kappa shape index (κ1) is 34.0. The number of urea groups is 2. The first-order chi connectivity index (χ1) is 24.4. The van der Waals surface area contributed by atoms with Gasteiger partial charge in [-0.1, -0.05) is 48.5 Å². The van der Waals surface area contributed by atoms with Crippen molar-refractivity contribution in [1.29, 1.82) is 0 Å². The zero-order chi connectivity index (χ0) is 34.2. The molecule has 4 amide bonds. The highest BCUT2D eigenvalue weighted by atomic mass is 16.2. The van der Waals surface area contributed by atoms with Crippen molar-refractivity contribution in [2.75, 3.05) is 13.1 Å². The number of rotatable bonds is 11. The van der Waals surface area contributed by atoms with E-state index in [0.717, 1.165) is 37.5 Å². The van der Waals surface area contributed by atoms with Crippen LogP contribution in [0.3, 0.4) is 0 Å². The monoisotopic (exact) mass is 680 g/mol. The van der Waals surface area contributed by atoms with E-state index in [1.165, 1.54) is 77.3 Å². The Bertz CT molecular complexity index is 1330. The lowest BCUT2D eigenvalue weighted by Gasteiger charge is -2.32. The number of amides is 4. The first-order valence-corrected chi connectivity index (χ1v) is 20.2. The zero-order valence-corrected chi connectivity index (χ0v) is 30.4. The van der Waals surface area contributed by atoms with E-state index in [2.05, 4.69) is 79.6 Å². The molecule has 4 bridgehead atoms. The third kappa shape index (κ3) is 7.04. The van der Waals surface area contributed by atoms with E-state index in [1.54, 1.807) is 22.3 Å². The van der Waals surface area contributed by atoms with E-state index >= 15 is 0 Å². The van der Waals surface area contributed by atoms with E-state index in [0.29, 0.717) is 24.2 Å². The van der Waals surface area contributed by atoms with E-state index in [-0.39, 0.29) is 36.2 Å². The number of hydrogen-bond acceptors (Lipinski definition) is 4. The summed E-state index contributed by atoms with van der Waals surface area (Å²) in [5.41, 5.74) is 6.28. The van der Waals surface area contributed by atoms with Crippen LogP contribution in [-0.2, 0) is 0 Å². The maximum atomic E-state index is 12.9. The van der Waals surface area contributed by atoms with Gasteiger partial charge in [-0.2, -0.15) is 0 Å². The van der Waals surface area contributed by atoms with Crippen molar-refractivity contribution in [3.63, 3.8) is 0 Å². The Balaban J connectivity index is 0.686. The molecule has 8 nitrogen and oxygen atoms in total. The average molecular weight is 681 g/mol. The van der Waals surface area contributed by atoms with Crippen LogP contribution in [-0.4, -0.2) is 59.1 Å². The average Bonchev–Trinajstić information content (AvgIpc) is 3.89. The Hall–Kier alpha value is -3.10. The maximum absolute atomic E-state index is 12.9. The highest BCUT2D eigenvalue weighted by molar-refractivity contribution is 5.76. The minimum atomic E-state index is -0.167. The SMILES string of the molecule is CC(NC(=O)NC1CCC(CCN2[C@@H]3CC[C@H]2c2ccccc23)CC1)C(C)NC(=O)NC1CCC(CCN2[C@@H]3CC[C@H]2c2ccccc23)CC1. The number of nitrogens with zero attached hydrogens (tertiary/aromatic N) is 2. The van der Waals surface area contributed by atoms with Gasteiger partial charge in [0.05, 0.1) is 0 Å². The van der Waals surface area contributed by atoms with Crippen molar-refractivity contribution in [3.8, 4) is 0 Å². The molecule has 2 aromatic rings. The van der Waals surface area contributed by atoms with E-state index in [1.807, 2.05) is 13.8 Å². The number of carbonyl (C=O) groups excluding carboxylic acids is 2. The fraction of sp³-hybridized carbons (Fsp3) is 0.667. The molecule has 0 spiro atoms. The van der Waals surface area contributed by atoms with Crippen LogP contribution in [0, 0.1) is 11.8 Å². The van der Waals surface area contributed by atoms with Gasteiger partial charge in [0.15, 0.2) is 0 Å². The van der Waals surface area contributed by atoms with E-state index in [4.69, 9.17) is 0 Å². The molecule has 2 aromatic carbocycles. The molecular weight excluding hydrogens is 621 g/mol. The zero-order valence-electron chi connectivity index (χ0n) is 30.4. The number of hydrogen-bond donors (Lipinski definition) is 4. The standard InChI is InChI=1S/C42H60N6O2/c1-27(43-41(49)45-31-15-11-29(12-16-31)23-25-47-37-19-20-38(47)34-8-4-3-7-33(34)37)28(2)44-42(50)46-32-17-13-30(14-18-32)24-26-48-39-21-22-40(48)36-10-6-5-9-35(36)39/h3-10,27-32,37-40H,11-26H2,1-2H3,(H2,43,45,49)(H2,44,46,50)/t27?,28?,29?,30?,31?,32?,37-,38+,39-,40+. The van der Waals surface area contributed by atoms with Crippen LogP contribution >= 0.6 is 0 Å². The molecule has 0 radical (unpaired) electrons. The van der Waals surface area contributed by atoms with Gasteiger partial charge < -0.3 is 21.3 Å². The largest absolute Gasteiger partial charge is 0.335 e. The van der Waals surface area contributed by atoms with Crippen molar-refractivity contribution >= 4 is 12.1 Å². The summed E-state index contributed by atoms with van der Waals surface area (Å²) < 4.78 is 0. The highest BCUT2D eigenvalue weighted by Crippen LogP contribution is 2.54. The number of benzene rings is 2. The van der Waals surface area contributed by atoms with Crippen molar-refractivity contribution in [1.82, 2.24) is 31.1 Å². The minimum absolute atomic E-state index is 0.120. The molecule has 6 atom stereocenters. The Labute approximate surface area is 299 Å². The van der Waals surface area contributed by atoms with Crippen LogP contribution in [0.5, 0.6) is 0 Å². The summed E-state index contributed by atoms with van der Waals surface area (Å²) in [4.78, 5) is 31.3. The molecule has 2 saturated heterocycles. The van der Waals surface area contributed by atoms with Crippen LogP contribution in [0.2, 0.25) is 0 Å². The van der Waals surface area contributed by atoms with Gasteiger partial charge in [-0.05, 0) is 151 Å². The summed E-state index contributed by atoms with van der Waals surface area (Å²) in [6.45, 7) is 6.34. The lowest BCUT2D eigenvalue weighted by atomic mass is 9.84. The molecule has 6 aliphatic rings. The summed E-state index contributed by atoms with van der Waals surface area (Å²) in [6.07, 6.45) is 16.7. The quantitative estimate of drug-likeness (QED) is 0.194. The third-order valence-corrected chi connectivity index (χ3v) is 13.9. The smallest absolute Gasteiger partial charge is 0.315 e. The van der Waals surface area contributed by atoms with Crippen LogP contribution in [0.4, 0.5) is 9.59 Å². The lowest BCUT2D eigenvalue weighted by molar-refractivity contribution is 0.184. The van der Waals surface area contributed by atoms with Crippen molar-refractivity contribution in [2.45, 2.75) is 152 Å². The second kappa shape index (κ2) is 14.9. The van der Waals surface area contributed by atoms with Gasteiger partial charge in [0.2, 0.25) is 0 Å². The lowest BCUT2D eigenvalue weighted by Crippen LogP contribution is -2.55. The van der Waals surface area contributed by atoms with Gasteiger partial charge >= 0.3 is 12.1 Å². The summed E-state index contributed by atoms with van der Waals surface area (Å²) in [5.74, 6) is 1.50. The van der Waals surface area contributed by atoms with Crippen LogP contribution in [0.1, 0.15) is 150 Å². The van der Waals surface area contributed by atoms with Gasteiger partial charge in [0.1, 0.15) is 0 Å². The second-order valence-electron chi connectivity index (χ2n) is 16.8. The normalized spacial score (nSPS) is 32.6. The molecule has 8 heteroatoms. The van der Waals surface area contributed by atoms with Gasteiger partial charge in [-0.15, -0.1) is 0 Å². The van der Waals surface area contributed by atoms with E-state index in [9.17, 15) is 9.59 Å². The fourth-order valence-corrected chi connectivity index (χ4v) is 10.9.